The zero-order valence-electron chi connectivity index (χ0n) is 27.7. The lowest BCUT2D eigenvalue weighted by Crippen LogP contribution is -2.33. The van der Waals surface area contributed by atoms with Gasteiger partial charge in [-0.15, -0.1) is 0 Å². The molecule has 1 aliphatic rings. The van der Waals surface area contributed by atoms with Crippen molar-refractivity contribution in [1.29, 1.82) is 0 Å². The highest BCUT2D eigenvalue weighted by Crippen LogP contribution is 2.21. The Labute approximate surface area is 255 Å². The number of unbranched alkanes of at least 4 members (excludes halogenated alkanes) is 15. The molecule has 0 aromatic heterocycles. The monoisotopic (exact) mass is 580 g/mol. The Morgan fingerprint density at radius 3 is 1.61 bits per heavy atom. The molecule has 0 bridgehead atoms. The van der Waals surface area contributed by atoms with Crippen molar-refractivity contribution >= 4 is 11.9 Å². The van der Waals surface area contributed by atoms with Gasteiger partial charge in [-0.1, -0.05) is 136 Å². The predicted octanol–water partition coefficient (Wildman–Crippen LogP) is 10.2. The number of hydrogen-bond donors (Lipinski definition) is 0. The summed E-state index contributed by atoms with van der Waals surface area (Å²) in [5.74, 6) is -0.226. The molecule has 0 aromatic rings. The molecule has 2 atom stereocenters. The van der Waals surface area contributed by atoms with E-state index in [4.69, 9.17) is 9.47 Å². The van der Waals surface area contributed by atoms with E-state index in [-0.39, 0.29) is 30.6 Å². The average Bonchev–Trinajstić information content (AvgIpc) is 2.99. The normalized spacial score (nSPS) is 15.5. The van der Waals surface area contributed by atoms with Crippen LogP contribution in [0, 0.1) is 5.92 Å². The van der Waals surface area contributed by atoms with Gasteiger partial charge in [0.25, 0.3) is 0 Å². The van der Waals surface area contributed by atoms with Crippen molar-refractivity contribution in [3.8, 4) is 0 Å². The molecular formula is C36H69NO4. The van der Waals surface area contributed by atoms with Gasteiger partial charge in [-0.2, -0.15) is 0 Å². The Balaban J connectivity index is 2.56. The van der Waals surface area contributed by atoms with Gasteiger partial charge in [0.05, 0.1) is 12.3 Å². The summed E-state index contributed by atoms with van der Waals surface area (Å²) >= 11 is 0. The fourth-order valence-corrected chi connectivity index (χ4v) is 6.02. The molecule has 0 N–H and O–H groups in total. The smallest absolute Gasteiger partial charge is 0.309 e. The molecule has 1 aliphatic heterocycles. The molecule has 5 heteroatoms. The van der Waals surface area contributed by atoms with Crippen LogP contribution >= 0.6 is 0 Å². The predicted molar refractivity (Wildman–Crippen MR) is 173 cm³/mol. The highest BCUT2D eigenvalue weighted by atomic mass is 16.6. The second-order valence-corrected chi connectivity index (χ2v) is 12.8. The Kier molecular flexibility index (Phi) is 25.6. The van der Waals surface area contributed by atoms with E-state index in [1.165, 1.54) is 109 Å². The first-order chi connectivity index (χ1) is 20.1. The van der Waals surface area contributed by atoms with E-state index in [1.54, 1.807) is 0 Å². The van der Waals surface area contributed by atoms with Gasteiger partial charge in [-0.05, 0) is 51.6 Å². The van der Waals surface area contributed by atoms with E-state index in [1.807, 2.05) is 0 Å². The Morgan fingerprint density at radius 2 is 1.07 bits per heavy atom. The molecule has 1 heterocycles. The Hall–Kier alpha value is -1.10. The number of likely N-dealkylation sites (tertiary alicyclic amines) is 1. The highest BCUT2D eigenvalue weighted by Gasteiger charge is 2.23. The minimum atomic E-state index is -0.317. The first-order valence-corrected chi connectivity index (χ1v) is 18.2. The number of piperidine rings is 1. The van der Waals surface area contributed by atoms with Gasteiger partial charge >= 0.3 is 11.9 Å². The van der Waals surface area contributed by atoms with Crippen molar-refractivity contribution in [2.24, 2.45) is 5.92 Å². The summed E-state index contributed by atoms with van der Waals surface area (Å²) in [5, 5.41) is 0. The molecule has 0 saturated carbocycles. The molecule has 1 saturated heterocycles. The third-order valence-electron chi connectivity index (χ3n) is 8.82. The zero-order chi connectivity index (χ0) is 29.8. The number of carbonyl (C=O) groups excluding carboxylic acids is 2. The maximum Gasteiger partial charge on any atom is 0.309 e. The lowest BCUT2D eigenvalue weighted by Gasteiger charge is -2.26. The minimum absolute atomic E-state index is 0.0170. The summed E-state index contributed by atoms with van der Waals surface area (Å²) < 4.78 is 11.8. The van der Waals surface area contributed by atoms with Crippen LogP contribution in [0.3, 0.4) is 0 Å². The fourth-order valence-electron chi connectivity index (χ4n) is 6.02. The van der Waals surface area contributed by atoms with Crippen LogP contribution in [0.4, 0.5) is 0 Å². The van der Waals surface area contributed by atoms with E-state index in [0.717, 1.165) is 64.6 Å². The van der Waals surface area contributed by atoms with Crippen LogP contribution in [0.15, 0.2) is 0 Å². The summed E-state index contributed by atoms with van der Waals surface area (Å²) in [6.07, 6.45) is 28.6. The number of nitrogens with zero attached hydrogens (tertiary/aromatic N) is 1. The molecular weight excluding hydrogens is 510 g/mol. The van der Waals surface area contributed by atoms with Crippen LogP contribution in [0.5, 0.6) is 0 Å². The third-order valence-corrected chi connectivity index (χ3v) is 8.82. The quantitative estimate of drug-likeness (QED) is 0.0682. The lowest BCUT2D eigenvalue weighted by atomic mass is 9.94. The van der Waals surface area contributed by atoms with E-state index in [9.17, 15) is 9.59 Å². The number of carbonyl (C=O) groups is 2. The first kappa shape index (κ1) is 37.9. The molecule has 0 aliphatic carbocycles. The van der Waals surface area contributed by atoms with Crippen LogP contribution in [-0.4, -0.2) is 49.2 Å². The molecule has 0 spiro atoms. The van der Waals surface area contributed by atoms with Crippen molar-refractivity contribution < 1.29 is 19.1 Å². The summed E-state index contributed by atoms with van der Waals surface area (Å²) in [6, 6.07) is 0. The molecule has 41 heavy (non-hydrogen) atoms. The van der Waals surface area contributed by atoms with E-state index >= 15 is 0 Å². The summed E-state index contributed by atoms with van der Waals surface area (Å²) in [6.45, 7) is 9.90. The second-order valence-electron chi connectivity index (χ2n) is 12.8. The average molecular weight is 580 g/mol. The number of esters is 2. The van der Waals surface area contributed by atoms with Gasteiger partial charge in [0.2, 0.25) is 0 Å². The standard InChI is InChI=1S/C36H69NO4/c1-4-7-10-13-15-16-18-22-27-34(41-35(38)28-31-37-29-23-19-24-30-37)32-40-36(39)33(25-20-12-9-6-3)26-21-17-14-11-8-5-2/h33-34H,4-32H2,1-3H3. The van der Waals surface area contributed by atoms with Crippen LogP contribution in [0.2, 0.25) is 0 Å². The Bertz CT molecular complexity index is 604. The van der Waals surface area contributed by atoms with Gasteiger partial charge in [0.15, 0.2) is 0 Å². The lowest BCUT2D eigenvalue weighted by molar-refractivity contribution is -0.162. The van der Waals surface area contributed by atoms with Crippen LogP contribution < -0.4 is 0 Å². The fraction of sp³-hybridized carbons (Fsp3) is 0.944. The van der Waals surface area contributed by atoms with Gasteiger partial charge in [-0.25, -0.2) is 0 Å². The van der Waals surface area contributed by atoms with Crippen molar-refractivity contribution in [2.75, 3.05) is 26.2 Å². The summed E-state index contributed by atoms with van der Waals surface area (Å²) in [4.78, 5) is 28.4. The molecule has 0 aromatic carbocycles. The molecule has 2 unspecified atom stereocenters. The maximum absolute atomic E-state index is 13.2. The maximum atomic E-state index is 13.2. The van der Waals surface area contributed by atoms with E-state index < -0.39 is 0 Å². The van der Waals surface area contributed by atoms with Crippen molar-refractivity contribution in [3.05, 3.63) is 0 Å². The van der Waals surface area contributed by atoms with Crippen molar-refractivity contribution in [1.82, 2.24) is 4.90 Å². The highest BCUT2D eigenvalue weighted by molar-refractivity contribution is 5.72. The van der Waals surface area contributed by atoms with Gasteiger partial charge in [0, 0.05) is 6.54 Å². The van der Waals surface area contributed by atoms with Crippen LogP contribution in [0.25, 0.3) is 0 Å². The largest absolute Gasteiger partial charge is 0.462 e. The number of hydrogen-bond acceptors (Lipinski definition) is 5. The molecule has 0 amide bonds. The SMILES string of the molecule is CCCCCCCCCCC(COC(=O)C(CCCCCC)CCCCCCCC)OC(=O)CCN1CCCCC1. The van der Waals surface area contributed by atoms with Gasteiger partial charge < -0.3 is 14.4 Å². The minimum Gasteiger partial charge on any atom is -0.462 e. The van der Waals surface area contributed by atoms with Crippen molar-refractivity contribution in [3.63, 3.8) is 0 Å². The topological polar surface area (TPSA) is 55.8 Å². The van der Waals surface area contributed by atoms with Crippen molar-refractivity contribution in [2.45, 2.75) is 187 Å². The molecule has 1 fully saturated rings. The number of ether oxygens (including phenoxy) is 2. The van der Waals surface area contributed by atoms with Gasteiger partial charge in [0.1, 0.15) is 12.7 Å². The van der Waals surface area contributed by atoms with E-state index in [2.05, 4.69) is 25.7 Å². The van der Waals surface area contributed by atoms with Gasteiger partial charge in [-0.3, -0.25) is 9.59 Å². The van der Waals surface area contributed by atoms with E-state index in [0.29, 0.717) is 6.42 Å². The summed E-state index contributed by atoms with van der Waals surface area (Å²) in [7, 11) is 0. The van der Waals surface area contributed by atoms with Crippen LogP contribution in [0.1, 0.15) is 181 Å². The first-order valence-electron chi connectivity index (χ1n) is 18.2. The number of rotatable bonds is 28. The molecule has 5 nitrogen and oxygen atoms in total. The molecule has 242 valence electrons. The Morgan fingerprint density at radius 1 is 0.610 bits per heavy atom. The molecule has 0 radical (unpaired) electrons. The third kappa shape index (κ3) is 22.2. The zero-order valence-corrected chi connectivity index (χ0v) is 27.7. The molecule has 1 rings (SSSR count). The summed E-state index contributed by atoms with van der Waals surface area (Å²) in [5.41, 5.74) is 0. The van der Waals surface area contributed by atoms with Crippen LogP contribution in [-0.2, 0) is 19.1 Å². The second kappa shape index (κ2) is 27.7.